The molecule has 0 aliphatic carbocycles. The van der Waals surface area contributed by atoms with Crippen LogP contribution in [0.1, 0.15) is 11.1 Å². The van der Waals surface area contributed by atoms with E-state index in [1.54, 1.807) is 18.2 Å². The lowest BCUT2D eigenvalue weighted by Crippen LogP contribution is -2.25. The van der Waals surface area contributed by atoms with Gasteiger partial charge in [0, 0.05) is 5.69 Å². The predicted molar refractivity (Wildman–Crippen MR) is 91.9 cm³/mol. The minimum absolute atomic E-state index is 0.141. The summed E-state index contributed by atoms with van der Waals surface area (Å²) in [6, 6.07) is 12.9. The van der Waals surface area contributed by atoms with Gasteiger partial charge in [0.1, 0.15) is 0 Å². The zero-order valence-corrected chi connectivity index (χ0v) is 13.4. The molecule has 0 bridgehead atoms. The number of carbonyl (C=O) groups excluding carboxylic acids is 1. The number of amides is 1. The molecule has 0 atom stereocenters. The van der Waals surface area contributed by atoms with Gasteiger partial charge in [0.05, 0.1) is 22.8 Å². The summed E-state index contributed by atoms with van der Waals surface area (Å²) in [6.45, 7) is 2.15. The van der Waals surface area contributed by atoms with E-state index in [1.165, 1.54) is 11.8 Å². The van der Waals surface area contributed by atoms with E-state index in [1.807, 2.05) is 31.2 Å². The summed E-state index contributed by atoms with van der Waals surface area (Å²) in [6.07, 6.45) is 1.51. The van der Waals surface area contributed by atoms with Crippen molar-refractivity contribution in [2.75, 3.05) is 11.9 Å². The van der Waals surface area contributed by atoms with Gasteiger partial charge in [-0.1, -0.05) is 47.0 Å². The third kappa shape index (κ3) is 5.06. The van der Waals surface area contributed by atoms with Crippen LogP contribution in [0.2, 0.25) is 10.0 Å². The third-order valence-electron chi connectivity index (χ3n) is 2.85. The highest BCUT2D eigenvalue weighted by molar-refractivity contribution is 6.42. The van der Waals surface area contributed by atoms with E-state index in [0.717, 1.165) is 11.3 Å². The van der Waals surface area contributed by atoms with Crippen molar-refractivity contribution in [2.24, 2.45) is 5.10 Å². The largest absolute Gasteiger partial charge is 0.376 e. The second-order valence-corrected chi connectivity index (χ2v) is 5.50. The number of rotatable bonds is 5. The second kappa shape index (κ2) is 7.82. The molecule has 0 unspecified atom stereocenters. The van der Waals surface area contributed by atoms with Gasteiger partial charge in [-0.25, -0.2) is 5.43 Å². The van der Waals surface area contributed by atoms with E-state index in [4.69, 9.17) is 23.2 Å². The van der Waals surface area contributed by atoms with Crippen molar-refractivity contribution in [1.82, 2.24) is 5.43 Å². The van der Waals surface area contributed by atoms with E-state index in [9.17, 15) is 4.79 Å². The molecule has 0 spiro atoms. The summed E-state index contributed by atoms with van der Waals surface area (Å²) >= 11 is 11.7. The van der Waals surface area contributed by atoms with E-state index in [-0.39, 0.29) is 12.5 Å². The van der Waals surface area contributed by atoms with Crippen LogP contribution in [0.4, 0.5) is 5.69 Å². The Morgan fingerprint density at radius 3 is 2.55 bits per heavy atom. The molecule has 0 aromatic heterocycles. The lowest BCUT2D eigenvalue weighted by molar-refractivity contribution is -0.119. The molecule has 2 aromatic carbocycles. The van der Waals surface area contributed by atoms with Crippen LogP contribution < -0.4 is 10.7 Å². The van der Waals surface area contributed by atoms with Crippen LogP contribution in [-0.2, 0) is 4.79 Å². The minimum Gasteiger partial charge on any atom is -0.376 e. The molecule has 1 amide bonds. The summed E-state index contributed by atoms with van der Waals surface area (Å²) in [7, 11) is 0. The van der Waals surface area contributed by atoms with Crippen molar-refractivity contribution < 1.29 is 4.79 Å². The lowest BCUT2D eigenvalue weighted by Gasteiger charge is -2.05. The van der Waals surface area contributed by atoms with Gasteiger partial charge in [-0.05, 0) is 36.8 Å². The first-order valence-corrected chi connectivity index (χ1v) is 7.38. The minimum atomic E-state index is -0.239. The number of nitrogens with zero attached hydrogens (tertiary/aromatic N) is 1. The molecule has 2 N–H and O–H groups in total. The van der Waals surface area contributed by atoms with Gasteiger partial charge in [0.2, 0.25) is 0 Å². The van der Waals surface area contributed by atoms with Crippen molar-refractivity contribution in [3.63, 3.8) is 0 Å². The lowest BCUT2D eigenvalue weighted by atomic mass is 10.2. The number of anilines is 1. The number of nitrogens with one attached hydrogen (secondary N) is 2. The van der Waals surface area contributed by atoms with Crippen LogP contribution in [-0.4, -0.2) is 18.7 Å². The first-order chi connectivity index (χ1) is 10.5. The molecule has 2 rings (SSSR count). The second-order valence-electron chi connectivity index (χ2n) is 4.69. The Balaban J connectivity index is 1.80. The molecule has 2 aromatic rings. The first kappa shape index (κ1) is 16.3. The van der Waals surface area contributed by atoms with E-state index < -0.39 is 0 Å². The molecule has 4 nitrogen and oxygen atoms in total. The predicted octanol–water partition coefficient (Wildman–Crippen LogP) is 3.86. The van der Waals surface area contributed by atoms with Crippen LogP contribution in [0.15, 0.2) is 47.6 Å². The van der Waals surface area contributed by atoms with Gasteiger partial charge in [-0.15, -0.1) is 0 Å². The highest BCUT2D eigenvalue weighted by Gasteiger charge is 2.00. The summed E-state index contributed by atoms with van der Waals surface area (Å²) in [5, 5.41) is 7.80. The standard InChI is InChI=1S/C16H15Cl2N3O/c1-11-2-5-13(6-3-11)19-10-16(22)21-20-9-12-4-7-14(17)15(18)8-12/h2-9,19H,10H2,1H3,(H,21,22)/b20-9+. The van der Waals surface area contributed by atoms with Crippen LogP contribution in [0.3, 0.4) is 0 Å². The van der Waals surface area contributed by atoms with Crippen LogP contribution >= 0.6 is 23.2 Å². The molecular formula is C16H15Cl2N3O. The third-order valence-corrected chi connectivity index (χ3v) is 3.59. The zero-order chi connectivity index (χ0) is 15.9. The van der Waals surface area contributed by atoms with Crippen molar-refractivity contribution in [3.05, 3.63) is 63.6 Å². The Morgan fingerprint density at radius 1 is 1.14 bits per heavy atom. The molecule has 114 valence electrons. The number of hydrogen-bond donors (Lipinski definition) is 2. The van der Waals surface area contributed by atoms with E-state index in [2.05, 4.69) is 15.8 Å². The monoisotopic (exact) mass is 335 g/mol. The molecule has 0 aliphatic heterocycles. The number of hydrogen-bond acceptors (Lipinski definition) is 3. The fraction of sp³-hybridized carbons (Fsp3) is 0.125. The number of carbonyl (C=O) groups is 1. The van der Waals surface area contributed by atoms with Gasteiger partial charge in [0.15, 0.2) is 0 Å². The van der Waals surface area contributed by atoms with Crippen LogP contribution in [0.5, 0.6) is 0 Å². The van der Waals surface area contributed by atoms with E-state index >= 15 is 0 Å². The molecule has 0 radical (unpaired) electrons. The maximum atomic E-state index is 11.7. The quantitative estimate of drug-likeness (QED) is 0.643. The van der Waals surface area contributed by atoms with Gasteiger partial charge in [-0.3, -0.25) is 4.79 Å². The van der Waals surface area contributed by atoms with Crippen LogP contribution in [0, 0.1) is 6.92 Å². The van der Waals surface area contributed by atoms with E-state index in [0.29, 0.717) is 10.0 Å². The molecule has 6 heteroatoms. The topological polar surface area (TPSA) is 53.5 Å². The molecule has 0 saturated heterocycles. The summed E-state index contributed by atoms with van der Waals surface area (Å²) in [5.74, 6) is -0.239. The van der Waals surface area contributed by atoms with Crippen molar-refractivity contribution in [2.45, 2.75) is 6.92 Å². The fourth-order valence-electron chi connectivity index (χ4n) is 1.66. The summed E-state index contributed by atoms with van der Waals surface area (Å²) in [5.41, 5.74) is 5.24. The van der Waals surface area contributed by atoms with Gasteiger partial charge >= 0.3 is 0 Å². The Bertz CT molecular complexity index is 684. The molecule has 0 heterocycles. The Morgan fingerprint density at radius 2 is 1.86 bits per heavy atom. The average Bonchev–Trinajstić information content (AvgIpc) is 2.50. The average molecular weight is 336 g/mol. The smallest absolute Gasteiger partial charge is 0.259 e. The number of halogens is 2. The Hall–Kier alpha value is -2.04. The zero-order valence-electron chi connectivity index (χ0n) is 11.9. The molecule has 0 saturated carbocycles. The Labute approximate surface area is 139 Å². The molecular weight excluding hydrogens is 321 g/mol. The van der Waals surface area contributed by atoms with Crippen molar-refractivity contribution >= 4 is 41.0 Å². The molecule has 0 aliphatic rings. The first-order valence-electron chi connectivity index (χ1n) is 6.62. The highest BCUT2D eigenvalue weighted by Crippen LogP contribution is 2.21. The van der Waals surface area contributed by atoms with Crippen molar-refractivity contribution in [1.29, 1.82) is 0 Å². The van der Waals surface area contributed by atoms with Crippen LogP contribution in [0.25, 0.3) is 0 Å². The highest BCUT2D eigenvalue weighted by atomic mass is 35.5. The number of benzene rings is 2. The maximum absolute atomic E-state index is 11.7. The summed E-state index contributed by atoms with van der Waals surface area (Å²) in [4.78, 5) is 11.7. The molecule has 22 heavy (non-hydrogen) atoms. The normalized spacial score (nSPS) is 10.7. The Kier molecular flexibility index (Phi) is 5.81. The molecule has 0 fully saturated rings. The van der Waals surface area contributed by atoms with Gasteiger partial charge in [-0.2, -0.15) is 5.10 Å². The SMILES string of the molecule is Cc1ccc(NCC(=O)N/N=C/c2ccc(Cl)c(Cl)c2)cc1. The summed E-state index contributed by atoms with van der Waals surface area (Å²) < 4.78 is 0. The number of hydrazone groups is 1. The van der Waals surface area contributed by atoms with Crippen molar-refractivity contribution in [3.8, 4) is 0 Å². The van der Waals surface area contributed by atoms with Gasteiger partial charge in [0.25, 0.3) is 5.91 Å². The van der Waals surface area contributed by atoms with Gasteiger partial charge < -0.3 is 5.32 Å². The number of aryl methyl sites for hydroxylation is 1. The fourth-order valence-corrected chi connectivity index (χ4v) is 1.97. The maximum Gasteiger partial charge on any atom is 0.259 e.